The number of phenols is 1. The van der Waals surface area contributed by atoms with Crippen molar-refractivity contribution in [2.24, 2.45) is 0 Å². The van der Waals surface area contributed by atoms with Gasteiger partial charge in [-0.3, -0.25) is 0 Å². The van der Waals surface area contributed by atoms with E-state index in [1.54, 1.807) is 0 Å². The van der Waals surface area contributed by atoms with Crippen LogP contribution in [0.5, 0.6) is 5.75 Å². The fourth-order valence-corrected chi connectivity index (χ4v) is 10.1. The van der Waals surface area contributed by atoms with Gasteiger partial charge in [0.15, 0.2) is 0 Å². The summed E-state index contributed by atoms with van der Waals surface area (Å²) in [6, 6.07) is 73.0. The number of aromatic hydroxyl groups is 1. The van der Waals surface area contributed by atoms with Gasteiger partial charge in [0, 0.05) is 66.1 Å². The van der Waals surface area contributed by atoms with Crippen molar-refractivity contribution in [1.82, 2.24) is 0 Å². The zero-order valence-electron chi connectivity index (χ0n) is 32.3. The van der Waals surface area contributed by atoms with Crippen molar-refractivity contribution in [3.63, 3.8) is 0 Å². The molecule has 9 aromatic carbocycles. The summed E-state index contributed by atoms with van der Waals surface area (Å²) in [6.07, 6.45) is 0. The molecule has 284 valence electrons. The van der Waals surface area contributed by atoms with Crippen molar-refractivity contribution >= 4 is 89.1 Å². The Morgan fingerprint density at radius 1 is 0.350 bits per heavy atom. The van der Waals surface area contributed by atoms with Crippen LogP contribution in [0, 0.1) is 0 Å². The van der Waals surface area contributed by atoms with Crippen LogP contribution in [-0.2, 0) is 0 Å². The molecule has 3 nitrogen and oxygen atoms in total. The van der Waals surface area contributed by atoms with Gasteiger partial charge in [-0.25, -0.2) is 0 Å². The third-order valence-corrected chi connectivity index (χ3v) is 12.8. The van der Waals surface area contributed by atoms with E-state index in [0.29, 0.717) is 0 Å². The standard InChI is InChI=1S/C54H35BBr2N2O/c56-39-27-29-46-48(31-39)58(53-42(35-15-5-1-6-16-35)23-13-24-43(53)36-17-7-2-8-18-36)50-33-41(60)34-51-52(50)55(46)47-30-28-40(57)32-49(47)59(51)54-44(37-19-9-3-10-20-37)25-14-26-45(54)38-21-11-4-12-22-38/h1-34,60H. The summed E-state index contributed by atoms with van der Waals surface area (Å²) in [6.45, 7) is -0.137. The quantitative estimate of drug-likeness (QED) is 0.169. The van der Waals surface area contributed by atoms with Gasteiger partial charge in [0.05, 0.1) is 11.4 Å². The van der Waals surface area contributed by atoms with Gasteiger partial charge in [-0.2, -0.15) is 0 Å². The highest BCUT2D eigenvalue weighted by Gasteiger charge is 2.45. The van der Waals surface area contributed by atoms with Gasteiger partial charge in [0.1, 0.15) is 5.75 Å². The molecule has 2 heterocycles. The average molecular weight is 899 g/mol. The van der Waals surface area contributed by atoms with Crippen molar-refractivity contribution < 1.29 is 5.11 Å². The van der Waals surface area contributed by atoms with Crippen molar-refractivity contribution in [2.45, 2.75) is 0 Å². The molecule has 0 atom stereocenters. The van der Waals surface area contributed by atoms with Gasteiger partial charge in [-0.1, -0.05) is 202 Å². The first-order chi connectivity index (χ1) is 29.5. The minimum Gasteiger partial charge on any atom is -0.508 e. The molecular weight excluding hydrogens is 863 g/mol. The highest BCUT2D eigenvalue weighted by Crippen LogP contribution is 2.53. The second-order valence-electron chi connectivity index (χ2n) is 15.3. The lowest BCUT2D eigenvalue weighted by Gasteiger charge is -2.45. The molecule has 60 heavy (non-hydrogen) atoms. The van der Waals surface area contributed by atoms with Gasteiger partial charge >= 0.3 is 0 Å². The Morgan fingerprint density at radius 2 is 0.683 bits per heavy atom. The second-order valence-corrected chi connectivity index (χ2v) is 17.1. The van der Waals surface area contributed by atoms with Crippen LogP contribution in [0.2, 0.25) is 0 Å². The summed E-state index contributed by atoms with van der Waals surface area (Å²) < 4.78 is 1.96. The third kappa shape index (κ3) is 6.01. The van der Waals surface area contributed by atoms with Gasteiger partial charge < -0.3 is 14.9 Å². The molecule has 2 aliphatic rings. The number of anilines is 6. The molecule has 0 amide bonds. The number of rotatable bonds is 6. The summed E-state index contributed by atoms with van der Waals surface area (Å²) in [4.78, 5) is 4.81. The topological polar surface area (TPSA) is 26.7 Å². The Morgan fingerprint density at radius 3 is 1.02 bits per heavy atom. The van der Waals surface area contributed by atoms with Crippen LogP contribution in [0.1, 0.15) is 0 Å². The van der Waals surface area contributed by atoms with Gasteiger partial charge in [0.2, 0.25) is 0 Å². The number of nitrogens with zero attached hydrogens (tertiary/aromatic N) is 2. The summed E-state index contributed by atoms with van der Waals surface area (Å²) in [7, 11) is 0. The van der Waals surface area contributed by atoms with Crippen LogP contribution in [0.25, 0.3) is 44.5 Å². The lowest BCUT2D eigenvalue weighted by Crippen LogP contribution is -2.61. The smallest absolute Gasteiger partial charge is 0.252 e. The Labute approximate surface area is 367 Å². The second kappa shape index (κ2) is 14.9. The van der Waals surface area contributed by atoms with E-state index in [0.717, 1.165) is 93.0 Å². The molecule has 6 heteroatoms. The van der Waals surface area contributed by atoms with Gasteiger partial charge in [-0.15, -0.1) is 0 Å². The van der Waals surface area contributed by atoms with Crippen molar-refractivity contribution in [3.8, 4) is 50.3 Å². The number of fused-ring (bicyclic) bond motifs is 4. The predicted octanol–water partition coefficient (Wildman–Crippen LogP) is 13.7. The third-order valence-electron chi connectivity index (χ3n) is 11.8. The van der Waals surface area contributed by atoms with Crippen molar-refractivity contribution in [1.29, 1.82) is 0 Å². The molecule has 9 aromatic rings. The maximum Gasteiger partial charge on any atom is 0.252 e. The van der Waals surface area contributed by atoms with Crippen LogP contribution in [0.4, 0.5) is 34.1 Å². The molecule has 0 aromatic heterocycles. The molecule has 0 saturated carbocycles. The Kier molecular flexibility index (Phi) is 9.06. The SMILES string of the molecule is Oc1cc2c3c(c1)N(c1c(-c4ccccc4)cccc1-c1ccccc1)c1cc(Br)ccc1B3c1ccc(Br)cc1N2c1c(-c2ccccc2)cccc1-c1ccccc1. The van der Waals surface area contributed by atoms with Gasteiger partial charge in [-0.05, 0) is 62.9 Å². The first kappa shape index (κ1) is 36.5. The molecule has 0 radical (unpaired) electrons. The predicted molar refractivity (Wildman–Crippen MR) is 259 cm³/mol. The van der Waals surface area contributed by atoms with Gasteiger partial charge in [0.25, 0.3) is 6.71 Å². The van der Waals surface area contributed by atoms with E-state index in [-0.39, 0.29) is 12.5 Å². The average Bonchev–Trinajstić information content (AvgIpc) is 3.29. The van der Waals surface area contributed by atoms with Crippen LogP contribution in [-0.4, -0.2) is 11.8 Å². The number of hydrogen-bond donors (Lipinski definition) is 1. The number of hydrogen-bond acceptors (Lipinski definition) is 3. The number of benzene rings is 9. The summed E-state index contributed by atoms with van der Waals surface area (Å²) in [5, 5.41) is 12.2. The molecule has 0 spiro atoms. The summed E-state index contributed by atoms with van der Waals surface area (Å²) in [5.41, 5.74) is 18.4. The largest absolute Gasteiger partial charge is 0.508 e. The lowest BCUT2D eigenvalue weighted by molar-refractivity contribution is 0.476. The maximum atomic E-state index is 12.2. The maximum absolute atomic E-state index is 12.2. The fraction of sp³-hybridized carbons (Fsp3) is 0. The molecule has 0 aliphatic carbocycles. The fourth-order valence-electron chi connectivity index (χ4n) is 9.37. The molecule has 0 unspecified atom stereocenters. The first-order valence-corrected chi connectivity index (χ1v) is 21.7. The molecule has 11 rings (SSSR count). The Hall–Kier alpha value is -6.60. The van der Waals surface area contributed by atoms with Crippen LogP contribution >= 0.6 is 31.9 Å². The lowest BCUT2D eigenvalue weighted by atomic mass is 9.33. The zero-order chi connectivity index (χ0) is 40.3. The molecule has 2 aliphatic heterocycles. The first-order valence-electron chi connectivity index (χ1n) is 20.1. The monoisotopic (exact) mass is 896 g/mol. The minimum absolute atomic E-state index is 0.137. The highest BCUT2D eigenvalue weighted by molar-refractivity contribution is 9.10. The van der Waals surface area contributed by atoms with Crippen LogP contribution in [0.15, 0.2) is 215 Å². The van der Waals surface area contributed by atoms with E-state index >= 15 is 0 Å². The van der Waals surface area contributed by atoms with E-state index in [1.165, 1.54) is 10.9 Å². The minimum atomic E-state index is -0.137. The van der Waals surface area contributed by atoms with E-state index in [4.69, 9.17) is 0 Å². The molecule has 0 bridgehead atoms. The molecule has 1 N–H and O–H groups in total. The zero-order valence-corrected chi connectivity index (χ0v) is 35.5. The number of para-hydroxylation sites is 2. The summed E-state index contributed by atoms with van der Waals surface area (Å²) in [5.74, 6) is 0.186. The Bertz CT molecular complexity index is 2770. The van der Waals surface area contributed by atoms with Crippen LogP contribution in [0.3, 0.4) is 0 Å². The molecular formula is C54H35BBr2N2O. The summed E-state index contributed by atoms with van der Waals surface area (Å²) >= 11 is 7.79. The number of phenolic OH excluding ortho intramolecular Hbond substituents is 1. The highest BCUT2D eigenvalue weighted by atomic mass is 79.9. The Balaban J connectivity index is 1.28. The van der Waals surface area contributed by atoms with Crippen LogP contribution < -0.4 is 26.2 Å². The molecule has 0 saturated heterocycles. The van der Waals surface area contributed by atoms with Crippen molar-refractivity contribution in [2.75, 3.05) is 9.80 Å². The van der Waals surface area contributed by atoms with E-state index in [9.17, 15) is 5.11 Å². The van der Waals surface area contributed by atoms with E-state index in [2.05, 4.69) is 236 Å². The van der Waals surface area contributed by atoms with E-state index < -0.39 is 0 Å². The van der Waals surface area contributed by atoms with E-state index in [1.807, 2.05) is 12.1 Å². The molecule has 0 fully saturated rings. The van der Waals surface area contributed by atoms with Crippen molar-refractivity contribution in [3.05, 3.63) is 215 Å². The normalized spacial score (nSPS) is 12.5. The number of halogens is 2.